The normalized spacial score (nSPS) is 17.9. The molecular weight excluding hydrogens is 401 g/mol. The summed E-state index contributed by atoms with van der Waals surface area (Å²) in [5.74, 6) is -1.83. The van der Waals surface area contributed by atoms with E-state index < -0.39 is 29.3 Å². The molecule has 1 aromatic heterocycles. The van der Waals surface area contributed by atoms with Crippen molar-refractivity contribution >= 4 is 23.1 Å². The average molecular weight is 421 g/mol. The fourth-order valence-electron chi connectivity index (χ4n) is 3.79. The van der Waals surface area contributed by atoms with E-state index in [4.69, 9.17) is 9.15 Å². The number of aliphatic hydroxyl groups is 1. The third-order valence-electron chi connectivity index (χ3n) is 5.27. The molecule has 7 heteroatoms. The molecule has 0 saturated carbocycles. The third-order valence-corrected chi connectivity index (χ3v) is 5.27. The Labute approximate surface area is 178 Å². The number of furan rings is 1. The second-order valence-electron chi connectivity index (χ2n) is 7.25. The van der Waals surface area contributed by atoms with E-state index in [0.717, 1.165) is 11.6 Å². The number of hydrogen-bond donors (Lipinski definition) is 1. The number of carbonyl (C=O) groups is 2. The van der Waals surface area contributed by atoms with Crippen molar-refractivity contribution in [3.63, 3.8) is 0 Å². The van der Waals surface area contributed by atoms with Gasteiger partial charge in [0.05, 0.1) is 18.2 Å². The van der Waals surface area contributed by atoms with E-state index in [1.807, 2.05) is 19.1 Å². The summed E-state index contributed by atoms with van der Waals surface area (Å²) < 4.78 is 24.9. The van der Waals surface area contributed by atoms with Crippen molar-refractivity contribution in [1.29, 1.82) is 0 Å². The minimum atomic E-state index is -1.03. The Bertz CT molecular complexity index is 1230. The Morgan fingerprint density at radius 3 is 2.48 bits per heavy atom. The lowest BCUT2D eigenvalue weighted by Gasteiger charge is -2.25. The number of rotatable bonds is 4. The number of aryl methyl sites for hydroxylation is 2. The number of hydrogen-bond acceptors (Lipinski definition) is 5. The van der Waals surface area contributed by atoms with Crippen LogP contribution < -0.4 is 9.64 Å². The largest absolute Gasteiger partial charge is 0.507 e. The van der Waals surface area contributed by atoms with Crippen molar-refractivity contribution in [3.8, 4) is 5.75 Å². The Morgan fingerprint density at radius 1 is 1.10 bits per heavy atom. The molecule has 0 aliphatic carbocycles. The van der Waals surface area contributed by atoms with Crippen LogP contribution in [0.1, 0.15) is 28.7 Å². The maximum atomic E-state index is 14.0. The standard InChI is InChI=1S/C24H20FNO5/c1-13-6-4-5-7-17(13)26-21(19-10-8-14(2)31-19)20(23(28)24(26)29)22(27)16-12-15(25)9-11-18(16)30-3/h4-12,21,27H,1-3H3/b22-20+. The molecule has 4 rings (SSSR count). The Kier molecular flexibility index (Phi) is 5.10. The van der Waals surface area contributed by atoms with Crippen molar-refractivity contribution < 1.29 is 28.2 Å². The summed E-state index contributed by atoms with van der Waals surface area (Å²) in [7, 11) is 1.36. The first-order valence-electron chi connectivity index (χ1n) is 9.60. The minimum Gasteiger partial charge on any atom is -0.507 e. The second-order valence-corrected chi connectivity index (χ2v) is 7.25. The molecule has 0 spiro atoms. The summed E-state index contributed by atoms with van der Waals surface area (Å²) in [6.07, 6.45) is 0. The first-order valence-corrected chi connectivity index (χ1v) is 9.60. The van der Waals surface area contributed by atoms with Gasteiger partial charge >= 0.3 is 0 Å². The molecule has 6 nitrogen and oxygen atoms in total. The number of ether oxygens (including phenoxy) is 1. The van der Waals surface area contributed by atoms with Gasteiger partial charge in [-0.3, -0.25) is 14.5 Å². The fraction of sp³-hybridized carbons (Fsp3) is 0.167. The van der Waals surface area contributed by atoms with E-state index in [2.05, 4.69) is 0 Å². The molecule has 1 fully saturated rings. The van der Waals surface area contributed by atoms with Crippen LogP contribution in [0.15, 0.2) is 64.6 Å². The van der Waals surface area contributed by atoms with Crippen LogP contribution in [0.25, 0.3) is 5.76 Å². The molecule has 158 valence electrons. The monoisotopic (exact) mass is 421 g/mol. The van der Waals surface area contributed by atoms with Gasteiger partial charge in [-0.1, -0.05) is 18.2 Å². The fourth-order valence-corrected chi connectivity index (χ4v) is 3.79. The van der Waals surface area contributed by atoms with Gasteiger partial charge in [0.25, 0.3) is 11.7 Å². The molecule has 2 aromatic carbocycles. The number of anilines is 1. The molecule has 1 saturated heterocycles. The summed E-state index contributed by atoms with van der Waals surface area (Å²) in [6, 6.07) is 13.0. The van der Waals surface area contributed by atoms with Crippen molar-refractivity contribution in [2.45, 2.75) is 19.9 Å². The number of ketones is 1. The van der Waals surface area contributed by atoms with E-state index in [-0.39, 0.29) is 16.9 Å². The SMILES string of the molecule is COc1ccc(F)cc1/C(O)=C1\C(=O)C(=O)N(c2ccccc2C)C1c1ccc(C)o1. The molecule has 1 unspecified atom stereocenters. The number of benzene rings is 2. The van der Waals surface area contributed by atoms with E-state index in [1.165, 1.54) is 24.1 Å². The van der Waals surface area contributed by atoms with Crippen LogP contribution in [0, 0.1) is 19.7 Å². The lowest BCUT2D eigenvalue weighted by molar-refractivity contribution is -0.132. The lowest BCUT2D eigenvalue weighted by Crippen LogP contribution is -2.29. The summed E-state index contributed by atoms with van der Waals surface area (Å²) >= 11 is 0. The summed E-state index contributed by atoms with van der Waals surface area (Å²) in [5.41, 5.74) is 1.04. The molecule has 2 heterocycles. The molecule has 1 atom stereocenters. The molecule has 1 aliphatic heterocycles. The summed E-state index contributed by atoms with van der Waals surface area (Å²) in [4.78, 5) is 27.5. The Morgan fingerprint density at radius 2 is 1.84 bits per heavy atom. The van der Waals surface area contributed by atoms with Gasteiger partial charge in [0, 0.05) is 5.69 Å². The summed E-state index contributed by atoms with van der Waals surface area (Å²) in [5, 5.41) is 11.1. The van der Waals surface area contributed by atoms with Gasteiger partial charge in [-0.15, -0.1) is 0 Å². The number of halogens is 1. The average Bonchev–Trinajstić information content (AvgIpc) is 3.29. The number of para-hydroxylation sites is 1. The third kappa shape index (κ3) is 3.38. The van der Waals surface area contributed by atoms with Crippen LogP contribution in [0.2, 0.25) is 0 Å². The van der Waals surface area contributed by atoms with Crippen LogP contribution >= 0.6 is 0 Å². The summed E-state index contributed by atoms with van der Waals surface area (Å²) in [6.45, 7) is 3.55. The highest BCUT2D eigenvalue weighted by atomic mass is 19.1. The van der Waals surface area contributed by atoms with Crippen LogP contribution in [-0.2, 0) is 9.59 Å². The molecule has 31 heavy (non-hydrogen) atoms. The van der Waals surface area contributed by atoms with Gasteiger partial charge in [-0.25, -0.2) is 4.39 Å². The predicted octanol–water partition coefficient (Wildman–Crippen LogP) is 4.67. The van der Waals surface area contributed by atoms with Crippen LogP contribution in [0.4, 0.5) is 10.1 Å². The first-order chi connectivity index (χ1) is 14.8. The molecular formula is C24H20FNO5. The zero-order valence-electron chi connectivity index (χ0n) is 17.2. The smallest absolute Gasteiger partial charge is 0.300 e. The predicted molar refractivity (Wildman–Crippen MR) is 112 cm³/mol. The molecule has 3 aromatic rings. The minimum absolute atomic E-state index is 0.0291. The molecule has 0 radical (unpaired) electrons. The lowest BCUT2D eigenvalue weighted by atomic mass is 9.98. The Balaban J connectivity index is 2.00. The maximum absolute atomic E-state index is 14.0. The van der Waals surface area contributed by atoms with Crippen LogP contribution in [-0.4, -0.2) is 23.9 Å². The highest BCUT2D eigenvalue weighted by Gasteiger charge is 2.49. The van der Waals surface area contributed by atoms with Crippen molar-refractivity contribution in [2.24, 2.45) is 0 Å². The van der Waals surface area contributed by atoms with E-state index in [0.29, 0.717) is 17.2 Å². The van der Waals surface area contributed by atoms with Gasteiger partial charge in [-0.2, -0.15) is 0 Å². The van der Waals surface area contributed by atoms with Crippen LogP contribution in [0.3, 0.4) is 0 Å². The van der Waals surface area contributed by atoms with Crippen molar-refractivity contribution in [1.82, 2.24) is 0 Å². The topological polar surface area (TPSA) is 80.0 Å². The van der Waals surface area contributed by atoms with Crippen molar-refractivity contribution in [2.75, 3.05) is 12.0 Å². The number of methoxy groups -OCH3 is 1. The maximum Gasteiger partial charge on any atom is 0.300 e. The number of aliphatic hydroxyl groups excluding tert-OH is 1. The molecule has 0 bridgehead atoms. The van der Waals surface area contributed by atoms with E-state index >= 15 is 0 Å². The molecule has 1 aliphatic rings. The van der Waals surface area contributed by atoms with Gasteiger partial charge < -0.3 is 14.3 Å². The second kappa shape index (κ2) is 7.75. The van der Waals surface area contributed by atoms with E-state index in [1.54, 1.807) is 31.2 Å². The first kappa shape index (κ1) is 20.4. The number of carbonyl (C=O) groups excluding carboxylic acids is 2. The highest BCUT2D eigenvalue weighted by Crippen LogP contribution is 2.44. The van der Waals surface area contributed by atoms with Crippen LogP contribution in [0.5, 0.6) is 5.75 Å². The Hall–Kier alpha value is -3.87. The van der Waals surface area contributed by atoms with Gasteiger partial charge in [0.1, 0.15) is 34.9 Å². The number of amides is 1. The molecule has 1 amide bonds. The van der Waals surface area contributed by atoms with Gasteiger partial charge in [0.15, 0.2) is 0 Å². The van der Waals surface area contributed by atoms with E-state index in [9.17, 15) is 19.1 Å². The van der Waals surface area contributed by atoms with Gasteiger partial charge in [-0.05, 0) is 55.8 Å². The van der Waals surface area contributed by atoms with Gasteiger partial charge in [0.2, 0.25) is 0 Å². The zero-order chi connectivity index (χ0) is 22.3. The zero-order valence-corrected chi connectivity index (χ0v) is 17.2. The molecule has 1 N–H and O–H groups in total. The van der Waals surface area contributed by atoms with Crippen molar-refractivity contribution in [3.05, 3.63) is 88.6 Å². The number of Topliss-reactive ketones (excluding diaryl/α,β-unsaturated/α-hetero) is 1. The number of nitrogens with zero attached hydrogens (tertiary/aromatic N) is 1. The quantitative estimate of drug-likeness (QED) is 0.376. The highest BCUT2D eigenvalue weighted by molar-refractivity contribution is 6.51.